The Morgan fingerprint density at radius 3 is 1.86 bits per heavy atom. The Balaban J connectivity index is 0.000000486. The molecule has 0 atom stereocenters. The van der Waals surface area contributed by atoms with E-state index in [-0.39, 0.29) is 12.5 Å². The van der Waals surface area contributed by atoms with E-state index in [2.05, 4.69) is 5.32 Å². The predicted octanol–water partition coefficient (Wildman–Crippen LogP) is 0.668. The fourth-order valence-corrected chi connectivity index (χ4v) is 1.58. The van der Waals surface area contributed by atoms with Gasteiger partial charge in [-0.15, -0.1) is 0 Å². The van der Waals surface area contributed by atoms with E-state index in [0.29, 0.717) is 6.42 Å². The normalized spacial score (nSPS) is 16.7. The molecule has 0 aliphatic carbocycles. The van der Waals surface area contributed by atoms with E-state index in [4.69, 9.17) is 9.90 Å². The van der Waals surface area contributed by atoms with E-state index in [9.17, 15) is 34.8 Å². The smallest absolute Gasteiger partial charge is 0.475 e. The Hall–Kier alpha value is -1.08. The van der Waals surface area contributed by atoms with Crippen molar-refractivity contribution in [1.29, 1.82) is 0 Å². The van der Waals surface area contributed by atoms with Gasteiger partial charge in [0.25, 0.3) is 0 Å². The average Bonchev–Trinajstić information content (AvgIpc) is 2.19. The Morgan fingerprint density at radius 1 is 1.19 bits per heavy atom. The van der Waals surface area contributed by atoms with Crippen molar-refractivity contribution in [1.82, 2.24) is 10.0 Å². The molecule has 1 heterocycles. The minimum absolute atomic E-state index is 0.159. The maximum absolute atomic E-state index is 11.8. The van der Waals surface area contributed by atoms with Gasteiger partial charge in [-0.1, -0.05) is 0 Å². The van der Waals surface area contributed by atoms with Crippen molar-refractivity contribution in [2.45, 2.75) is 18.1 Å². The van der Waals surface area contributed by atoms with E-state index in [1.54, 1.807) is 0 Å². The van der Waals surface area contributed by atoms with Crippen LogP contribution in [0.2, 0.25) is 0 Å². The van der Waals surface area contributed by atoms with Crippen molar-refractivity contribution < 1.29 is 44.7 Å². The van der Waals surface area contributed by atoms with Gasteiger partial charge >= 0.3 is 27.7 Å². The van der Waals surface area contributed by atoms with E-state index < -0.39 is 27.7 Å². The lowest BCUT2D eigenvalue weighted by Crippen LogP contribution is -2.44. The lowest BCUT2D eigenvalue weighted by molar-refractivity contribution is -0.192. The third kappa shape index (κ3) is 7.47. The van der Waals surface area contributed by atoms with Crippen LogP contribution >= 0.6 is 0 Å². The van der Waals surface area contributed by atoms with Gasteiger partial charge in [-0.2, -0.15) is 26.3 Å². The van der Waals surface area contributed by atoms with E-state index >= 15 is 0 Å². The molecule has 0 bridgehead atoms. The monoisotopic (exact) mass is 346 g/mol. The van der Waals surface area contributed by atoms with Crippen LogP contribution in [0.3, 0.4) is 0 Å². The number of aliphatic carboxylic acids is 1. The first-order valence-corrected chi connectivity index (χ1v) is 6.82. The Labute approximate surface area is 115 Å². The molecular formula is C8H12F6N2O4S. The summed E-state index contributed by atoms with van der Waals surface area (Å²) in [5.41, 5.74) is -5.20. The fraction of sp³-hybridized carbons (Fsp3) is 0.875. The molecule has 0 aromatic heterocycles. The average molecular weight is 346 g/mol. The van der Waals surface area contributed by atoms with Crippen LogP contribution in [0.15, 0.2) is 0 Å². The summed E-state index contributed by atoms with van der Waals surface area (Å²) < 4.78 is 89.6. The van der Waals surface area contributed by atoms with Gasteiger partial charge < -0.3 is 10.4 Å². The summed E-state index contributed by atoms with van der Waals surface area (Å²) in [5.74, 6) is -2.47. The minimum Gasteiger partial charge on any atom is -0.475 e. The zero-order chi connectivity index (χ0) is 16.9. The van der Waals surface area contributed by atoms with Crippen LogP contribution in [0.25, 0.3) is 0 Å². The molecule has 0 unspecified atom stereocenters. The van der Waals surface area contributed by atoms with Crippen LogP contribution in [0.5, 0.6) is 0 Å². The summed E-state index contributed by atoms with van der Waals surface area (Å²) in [6.07, 6.45) is -4.65. The van der Waals surface area contributed by atoms with Crippen molar-refractivity contribution >= 4 is 16.0 Å². The van der Waals surface area contributed by atoms with Crippen LogP contribution in [0.4, 0.5) is 26.3 Å². The van der Waals surface area contributed by atoms with Crippen LogP contribution in [-0.2, 0) is 14.8 Å². The van der Waals surface area contributed by atoms with Gasteiger partial charge in [0.2, 0.25) is 0 Å². The van der Waals surface area contributed by atoms with E-state index in [0.717, 1.165) is 13.1 Å². The topological polar surface area (TPSA) is 95.5 Å². The molecule has 6 nitrogen and oxygen atoms in total. The minimum atomic E-state index is -5.20. The highest BCUT2D eigenvalue weighted by Crippen LogP contribution is 2.21. The number of hydrogen-bond acceptors (Lipinski definition) is 4. The highest BCUT2D eigenvalue weighted by Gasteiger charge is 2.45. The summed E-state index contributed by atoms with van der Waals surface area (Å²) >= 11 is 0. The van der Waals surface area contributed by atoms with Crippen molar-refractivity contribution in [2.24, 2.45) is 5.92 Å². The van der Waals surface area contributed by atoms with Crippen molar-refractivity contribution in [3.63, 3.8) is 0 Å². The first-order chi connectivity index (χ1) is 9.27. The molecule has 0 radical (unpaired) electrons. The maximum atomic E-state index is 11.8. The third-order valence-corrected chi connectivity index (χ3v) is 3.45. The number of rotatable bonds is 4. The maximum Gasteiger partial charge on any atom is 0.511 e. The fourth-order valence-electron chi connectivity index (χ4n) is 1.03. The molecule has 1 rings (SSSR count). The molecule has 3 N–H and O–H groups in total. The van der Waals surface area contributed by atoms with Crippen LogP contribution < -0.4 is 10.0 Å². The number of alkyl halides is 6. The lowest BCUT2D eigenvalue weighted by Gasteiger charge is -2.26. The zero-order valence-corrected chi connectivity index (χ0v) is 11.1. The van der Waals surface area contributed by atoms with Crippen molar-refractivity contribution in [2.75, 3.05) is 19.6 Å². The molecule has 126 valence electrons. The molecule has 0 amide bonds. The Morgan fingerprint density at radius 2 is 1.62 bits per heavy atom. The molecule has 0 spiro atoms. The predicted molar refractivity (Wildman–Crippen MR) is 57.6 cm³/mol. The summed E-state index contributed by atoms with van der Waals surface area (Å²) in [7, 11) is -5.15. The number of nitrogens with one attached hydrogen (secondary N) is 2. The van der Waals surface area contributed by atoms with Crippen LogP contribution in [-0.4, -0.2) is 50.8 Å². The molecule has 1 aliphatic heterocycles. The third-order valence-electron chi connectivity index (χ3n) is 2.26. The number of carboxylic acids is 1. The molecule has 0 saturated carbocycles. The van der Waals surface area contributed by atoms with Crippen molar-refractivity contribution in [3.05, 3.63) is 0 Å². The highest BCUT2D eigenvalue weighted by atomic mass is 32.2. The zero-order valence-electron chi connectivity index (χ0n) is 10.3. The van der Waals surface area contributed by atoms with Gasteiger partial charge in [-0.05, 0) is 25.4 Å². The molecule has 0 aromatic carbocycles. The van der Waals surface area contributed by atoms with Gasteiger partial charge in [0.15, 0.2) is 0 Å². The van der Waals surface area contributed by atoms with E-state index in [1.807, 2.05) is 0 Å². The second kappa shape index (κ2) is 7.26. The number of halogens is 6. The molecule has 1 fully saturated rings. The van der Waals surface area contributed by atoms with Gasteiger partial charge in [-0.3, -0.25) is 0 Å². The molecule has 1 aliphatic rings. The number of carboxylic acid groups (broad SMARTS) is 1. The summed E-state index contributed by atoms with van der Waals surface area (Å²) in [6.45, 7) is 1.33. The summed E-state index contributed by atoms with van der Waals surface area (Å²) in [4.78, 5) is 8.90. The second-order valence-electron chi connectivity index (χ2n) is 3.96. The van der Waals surface area contributed by atoms with Gasteiger partial charge in [0, 0.05) is 6.54 Å². The Kier molecular flexibility index (Phi) is 6.89. The standard InChI is InChI=1S/C6H11F3N2O2S.C2HF3O2/c7-6(8,9)14(12,13)11-2-1-5-3-10-4-5;3-2(4,5)1(6)7/h5,10-11H,1-4H2;(H,6,7). The SMILES string of the molecule is O=C(O)C(F)(F)F.O=S(=O)(NCCC1CNC1)C(F)(F)F. The molecule has 13 heteroatoms. The number of hydrogen-bond donors (Lipinski definition) is 3. The van der Waals surface area contributed by atoms with Gasteiger partial charge in [0.05, 0.1) is 0 Å². The van der Waals surface area contributed by atoms with Gasteiger partial charge in [0.1, 0.15) is 0 Å². The quantitative estimate of drug-likeness (QED) is 0.651. The number of sulfonamides is 1. The lowest BCUT2D eigenvalue weighted by atomic mass is 10.00. The summed E-state index contributed by atoms with van der Waals surface area (Å²) in [5, 5.41) is 10.1. The number of carbonyl (C=O) groups is 1. The molecule has 1 saturated heterocycles. The highest BCUT2D eigenvalue weighted by molar-refractivity contribution is 7.90. The molecule has 0 aromatic rings. The van der Waals surface area contributed by atoms with Crippen LogP contribution in [0, 0.1) is 5.92 Å². The molecular weight excluding hydrogens is 334 g/mol. The van der Waals surface area contributed by atoms with Crippen LogP contribution in [0.1, 0.15) is 6.42 Å². The first-order valence-electron chi connectivity index (χ1n) is 5.34. The summed E-state index contributed by atoms with van der Waals surface area (Å²) in [6, 6.07) is 0. The molecule has 21 heavy (non-hydrogen) atoms. The second-order valence-corrected chi connectivity index (χ2v) is 5.72. The van der Waals surface area contributed by atoms with E-state index in [1.165, 1.54) is 4.72 Å². The first kappa shape index (κ1) is 19.9. The van der Waals surface area contributed by atoms with Gasteiger partial charge in [-0.25, -0.2) is 17.9 Å². The Bertz CT molecular complexity index is 443. The van der Waals surface area contributed by atoms with Crippen molar-refractivity contribution in [3.8, 4) is 0 Å². The largest absolute Gasteiger partial charge is 0.511 e.